The van der Waals surface area contributed by atoms with Crippen LogP contribution in [0, 0.1) is 25.7 Å². The number of hydrogen-bond donors (Lipinski definition) is 1. The molecule has 3 atom stereocenters. The lowest BCUT2D eigenvalue weighted by atomic mass is 9.70. The predicted molar refractivity (Wildman–Crippen MR) is 86.2 cm³/mol. The molecule has 0 aliphatic heterocycles. The van der Waals surface area contributed by atoms with Crippen LogP contribution in [0.3, 0.4) is 0 Å². The summed E-state index contributed by atoms with van der Waals surface area (Å²) in [7, 11) is 0. The van der Waals surface area contributed by atoms with Crippen molar-refractivity contribution in [2.24, 2.45) is 11.8 Å². The molecule has 2 aliphatic carbocycles. The lowest BCUT2D eigenvalue weighted by molar-refractivity contribution is 0.240. The average molecular weight is 271 g/mol. The van der Waals surface area contributed by atoms with Gasteiger partial charge in [-0.05, 0) is 75.0 Å². The molecule has 2 fully saturated rings. The van der Waals surface area contributed by atoms with Crippen LogP contribution in [0.2, 0.25) is 0 Å². The molecule has 1 nitrogen and oxygen atoms in total. The smallest absolute Gasteiger partial charge is 0.00683 e. The van der Waals surface area contributed by atoms with Crippen LogP contribution in [-0.4, -0.2) is 12.6 Å². The predicted octanol–water partition coefficient (Wildman–Crippen LogP) is 4.58. The third kappa shape index (κ3) is 3.25. The first-order chi connectivity index (χ1) is 9.63. The molecular formula is C19H29N. The molecule has 0 bridgehead atoms. The normalized spacial score (nSPS) is 30.4. The molecule has 2 saturated carbocycles. The van der Waals surface area contributed by atoms with Gasteiger partial charge in [0.25, 0.3) is 0 Å². The van der Waals surface area contributed by atoms with Crippen LogP contribution in [0.1, 0.15) is 61.6 Å². The van der Waals surface area contributed by atoms with Gasteiger partial charge < -0.3 is 5.32 Å². The number of benzene rings is 1. The molecule has 0 radical (unpaired) electrons. The Bertz CT molecular complexity index is 461. The van der Waals surface area contributed by atoms with Crippen molar-refractivity contribution in [3.8, 4) is 0 Å². The Morgan fingerprint density at radius 1 is 1.10 bits per heavy atom. The van der Waals surface area contributed by atoms with Gasteiger partial charge in [-0.2, -0.15) is 0 Å². The second kappa shape index (κ2) is 5.89. The van der Waals surface area contributed by atoms with Crippen LogP contribution < -0.4 is 5.32 Å². The Morgan fingerprint density at radius 2 is 1.90 bits per heavy atom. The maximum Gasteiger partial charge on any atom is 0.00683 e. The molecule has 0 aromatic heterocycles. The van der Waals surface area contributed by atoms with Crippen LogP contribution >= 0.6 is 0 Å². The van der Waals surface area contributed by atoms with Gasteiger partial charge in [-0.1, -0.05) is 37.1 Å². The van der Waals surface area contributed by atoms with E-state index in [0.717, 1.165) is 23.8 Å². The van der Waals surface area contributed by atoms with E-state index in [1.165, 1.54) is 49.8 Å². The number of nitrogens with one attached hydrogen (secondary N) is 1. The molecule has 3 unspecified atom stereocenters. The third-order valence-electron chi connectivity index (χ3n) is 5.34. The lowest BCUT2D eigenvalue weighted by Gasteiger charge is -2.36. The maximum atomic E-state index is 3.77. The van der Waals surface area contributed by atoms with Gasteiger partial charge in [-0.3, -0.25) is 0 Å². The molecule has 3 rings (SSSR count). The molecule has 1 N–H and O–H groups in total. The lowest BCUT2D eigenvalue weighted by Crippen LogP contribution is -2.32. The van der Waals surface area contributed by atoms with E-state index >= 15 is 0 Å². The first-order valence-electron chi connectivity index (χ1n) is 8.44. The summed E-state index contributed by atoms with van der Waals surface area (Å²) in [5.74, 6) is 2.49. The van der Waals surface area contributed by atoms with Crippen molar-refractivity contribution in [3.05, 3.63) is 34.9 Å². The Balaban J connectivity index is 1.78. The van der Waals surface area contributed by atoms with E-state index in [-0.39, 0.29) is 0 Å². The Morgan fingerprint density at radius 3 is 2.65 bits per heavy atom. The molecular weight excluding hydrogens is 242 g/mol. The van der Waals surface area contributed by atoms with Gasteiger partial charge in [-0.15, -0.1) is 0 Å². The summed E-state index contributed by atoms with van der Waals surface area (Å²) in [5, 5.41) is 3.77. The van der Waals surface area contributed by atoms with Crippen molar-refractivity contribution in [2.75, 3.05) is 6.54 Å². The standard InChI is InChI=1S/C19H29N/c1-13-4-6-15(3)18(10-13)19-11-14(2)5-7-16(19)12-20-17-8-9-17/h4,6,10,14,16-17,19-20H,5,7-9,11-12H2,1-3H3. The highest BCUT2D eigenvalue weighted by Gasteiger charge is 2.32. The minimum Gasteiger partial charge on any atom is -0.314 e. The van der Waals surface area contributed by atoms with Gasteiger partial charge in [0.15, 0.2) is 0 Å². The Kier molecular flexibility index (Phi) is 4.16. The molecule has 1 aromatic rings. The van der Waals surface area contributed by atoms with Gasteiger partial charge in [0, 0.05) is 6.04 Å². The third-order valence-corrected chi connectivity index (χ3v) is 5.34. The van der Waals surface area contributed by atoms with E-state index in [9.17, 15) is 0 Å². The van der Waals surface area contributed by atoms with E-state index in [2.05, 4.69) is 44.3 Å². The zero-order valence-electron chi connectivity index (χ0n) is 13.3. The Labute approximate surface area is 124 Å². The van der Waals surface area contributed by atoms with Crippen molar-refractivity contribution >= 4 is 0 Å². The summed E-state index contributed by atoms with van der Waals surface area (Å²) in [6.45, 7) is 8.18. The molecule has 2 aliphatic rings. The monoisotopic (exact) mass is 271 g/mol. The van der Waals surface area contributed by atoms with Crippen LogP contribution in [0.5, 0.6) is 0 Å². The molecule has 0 amide bonds. The van der Waals surface area contributed by atoms with E-state index in [4.69, 9.17) is 0 Å². The van der Waals surface area contributed by atoms with Crippen molar-refractivity contribution in [3.63, 3.8) is 0 Å². The van der Waals surface area contributed by atoms with Crippen LogP contribution in [-0.2, 0) is 0 Å². The topological polar surface area (TPSA) is 12.0 Å². The van der Waals surface area contributed by atoms with Gasteiger partial charge in [0.2, 0.25) is 0 Å². The van der Waals surface area contributed by atoms with Crippen molar-refractivity contribution in [1.29, 1.82) is 0 Å². The molecule has 1 heteroatoms. The summed E-state index contributed by atoms with van der Waals surface area (Å²) in [6, 6.07) is 7.86. The van der Waals surface area contributed by atoms with Crippen molar-refractivity contribution in [1.82, 2.24) is 5.32 Å². The summed E-state index contributed by atoms with van der Waals surface area (Å²) in [5.41, 5.74) is 4.53. The molecule has 0 spiro atoms. The highest BCUT2D eigenvalue weighted by molar-refractivity contribution is 5.34. The molecule has 1 aromatic carbocycles. The van der Waals surface area contributed by atoms with Crippen LogP contribution in [0.25, 0.3) is 0 Å². The van der Waals surface area contributed by atoms with Gasteiger partial charge >= 0.3 is 0 Å². The van der Waals surface area contributed by atoms with Gasteiger partial charge in [0.05, 0.1) is 0 Å². The minimum atomic E-state index is 0.768. The fraction of sp³-hybridized carbons (Fsp3) is 0.684. The summed E-state index contributed by atoms with van der Waals surface area (Å²) < 4.78 is 0. The van der Waals surface area contributed by atoms with E-state index in [1.807, 2.05) is 0 Å². The number of aryl methyl sites for hydroxylation is 2. The first-order valence-corrected chi connectivity index (χ1v) is 8.44. The second-order valence-corrected chi connectivity index (χ2v) is 7.33. The fourth-order valence-electron chi connectivity index (χ4n) is 3.83. The number of hydrogen-bond acceptors (Lipinski definition) is 1. The maximum absolute atomic E-state index is 3.77. The largest absolute Gasteiger partial charge is 0.314 e. The van der Waals surface area contributed by atoms with Crippen molar-refractivity contribution in [2.45, 2.75) is 64.8 Å². The van der Waals surface area contributed by atoms with Gasteiger partial charge in [0.1, 0.15) is 0 Å². The fourth-order valence-corrected chi connectivity index (χ4v) is 3.83. The summed E-state index contributed by atoms with van der Waals surface area (Å²) >= 11 is 0. The summed E-state index contributed by atoms with van der Waals surface area (Å²) in [6.07, 6.45) is 6.99. The van der Waals surface area contributed by atoms with E-state index in [1.54, 1.807) is 5.56 Å². The van der Waals surface area contributed by atoms with Gasteiger partial charge in [-0.25, -0.2) is 0 Å². The molecule has 20 heavy (non-hydrogen) atoms. The Hall–Kier alpha value is -0.820. The number of rotatable bonds is 4. The first kappa shape index (κ1) is 14.1. The zero-order valence-corrected chi connectivity index (χ0v) is 13.3. The molecule has 0 saturated heterocycles. The second-order valence-electron chi connectivity index (χ2n) is 7.33. The van der Waals surface area contributed by atoms with E-state index < -0.39 is 0 Å². The average Bonchev–Trinajstić information content (AvgIpc) is 3.24. The summed E-state index contributed by atoms with van der Waals surface area (Å²) in [4.78, 5) is 0. The van der Waals surface area contributed by atoms with Crippen molar-refractivity contribution < 1.29 is 0 Å². The quantitative estimate of drug-likeness (QED) is 0.845. The molecule has 0 heterocycles. The van der Waals surface area contributed by atoms with E-state index in [0.29, 0.717) is 0 Å². The minimum absolute atomic E-state index is 0.768. The zero-order chi connectivity index (χ0) is 14.1. The SMILES string of the molecule is Cc1ccc(C)c(C2CC(C)CCC2CNC2CC2)c1. The highest BCUT2D eigenvalue weighted by atomic mass is 14.9. The molecule has 110 valence electrons. The van der Waals surface area contributed by atoms with Crippen LogP contribution in [0.4, 0.5) is 0 Å². The van der Waals surface area contributed by atoms with Crippen LogP contribution in [0.15, 0.2) is 18.2 Å². The highest BCUT2D eigenvalue weighted by Crippen LogP contribution is 2.41.